The van der Waals surface area contributed by atoms with E-state index in [1.165, 1.54) is 103 Å². The van der Waals surface area contributed by atoms with E-state index in [-0.39, 0.29) is 0 Å². The molecule has 0 aliphatic rings. The molecule has 0 fully saturated rings. The van der Waals surface area contributed by atoms with Gasteiger partial charge in [0.25, 0.3) is 0 Å². The minimum absolute atomic E-state index is 0.480. The Hall–Kier alpha value is -1.05. The second kappa shape index (κ2) is 20.3. The molecule has 0 aliphatic carbocycles. The van der Waals surface area contributed by atoms with E-state index in [9.17, 15) is 4.79 Å². The fraction of sp³-hybridized carbons (Fsp3) is 0.792. The summed E-state index contributed by atoms with van der Waals surface area (Å²) in [4.78, 5) is 10.7. The van der Waals surface area contributed by atoms with Gasteiger partial charge in [0, 0.05) is 5.57 Å². The summed E-state index contributed by atoms with van der Waals surface area (Å²) in [6, 6.07) is 0. The second-order valence-corrected chi connectivity index (χ2v) is 7.72. The predicted octanol–water partition coefficient (Wildman–Crippen LogP) is 8.23. The molecule has 0 aromatic rings. The van der Waals surface area contributed by atoms with Crippen molar-refractivity contribution >= 4 is 5.97 Å². The van der Waals surface area contributed by atoms with Crippen LogP contribution in [-0.4, -0.2) is 11.1 Å². The van der Waals surface area contributed by atoms with Gasteiger partial charge in [0.1, 0.15) is 0 Å². The molecule has 0 rings (SSSR count). The normalized spacial score (nSPS) is 11.7. The Kier molecular flexibility index (Phi) is 19.4. The number of hydrogen-bond acceptors (Lipinski definition) is 1. The predicted molar refractivity (Wildman–Crippen MR) is 115 cm³/mol. The highest BCUT2D eigenvalue weighted by Crippen LogP contribution is 2.14. The van der Waals surface area contributed by atoms with E-state index < -0.39 is 5.97 Å². The first-order chi connectivity index (χ1) is 12.7. The average molecular weight is 365 g/mol. The van der Waals surface area contributed by atoms with Crippen LogP contribution in [0.3, 0.4) is 0 Å². The highest BCUT2D eigenvalue weighted by atomic mass is 16.4. The standard InChI is InChI=1S/C24H44O2/c1-3-4-5-6-7-8-9-10-11-12-13-14-15-16-17-18-19-20-21-22-23(2)24(25)26/h3,22H,1,4-21H2,2H3,(H,25,26). The number of carboxylic acid groups (broad SMARTS) is 1. The minimum atomic E-state index is -0.788. The van der Waals surface area contributed by atoms with Crippen LogP contribution in [0.1, 0.15) is 122 Å². The monoisotopic (exact) mass is 364 g/mol. The van der Waals surface area contributed by atoms with Crippen molar-refractivity contribution in [3.63, 3.8) is 0 Å². The van der Waals surface area contributed by atoms with Gasteiger partial charge < -0.3 is 5.11 Å². The van der Waals surface area contributed by atoms with Crippen molar-refractivity contribution in [3.8, 4) is 0 Å². The Balaban J connectivity index is 3.10. The Morgan fingerprint density at radius 2 is 0.962 bits per heavy atom. The third kappa shape index (κ3) is 19.3. The maximum absolute atomic E-state index is 10.7. The Labute approximate surface area is 163 Å². The average Bonchev–Trinajstić information content (AvgIpc) is 2.63. The lowest BCUT2D eigenvalue weighted by molar-refractivity contribution is -0.132. The summed E-state index contributed by atoms with van der Waals surface area (Å²) in [7, 11) is 0. The van der Waals surface area contributed by atoms with Crippen molar-refractivity contribution in [2.75, 3.05) is 0 Å². The fourth-order valence-corrected chi connectivity index (χ4v) is 3.31. The van der Waals surface area contributed by atoms with Crippen molar-refractivity contribution in [1.29, 1.82) is 0 Å². The molecule has 0 saturated carbocycles. The van der Waals surface area contributed by atoms with Crippen LogP contribution < -0.4 is 0 Å². The highest BCUT2D eigenvalue weighted by molar-refractivity contribution is 5.85. The van der Waals surface area contributed by atoms with E-state index in [0.717, 1.165) is 12.8 Å². The maximum atomic E-state index is 10.7. The Morgan fingerprint density at radius 3 is 1.27 bits per heavy atom. The van der Waals surface area contributed by atoms with Gasteiger partial charge in [-0.2, -0.15) is 0 Å². The third-order valence-corrected chi connectivity index (χ3v) is 5.15. The zero-order chi connectivity index (χ0) is 19.3. The molecule has 0 spiro atoms. The largest absolute Gasteiger partial charge is 0.478 e. The number of hydrogen-bond donors (Lipinski definition) is 1. The maximum Gasteiger partial charge on any atom is 0.330 e. The van der Waals surface area contributed by atoms with E-state index in [4.69, 9.17) is 5.11 Å². The van der Waals surface area contributed by atoms with Gasteiger partial charge >= 0.3 is 5.97 Å². The van der Waals surface area contributed by atoms with E-state index in [2.05, 4.69) is 6.58 Å². The molecule has 0 aliphatic heterocycles. The van der Waals surface area contributed by atoms with Crippen LogP contribution >= 0.6 is 0 Å². The molecule has 2 nitrogen and oxygen atoms in total. The number of rotatable bonds is 20. The number of unbranched alkanes of at least 4 members (excludes halogenated alkanes) is 17. The number of carbonyl (C=O) groups is 1. The molecule has 0 amide bonds. The van der Waals surface area contributed by atoms with Crippen LogP contribution in [0, 0.1) is 0 Å². The fourth-order valence-electron chi connectivity index (χ4n) is 3.31. The van der Waals surface area contributed by atoms with Crippen LogP contribution in [0.4, 0.5) is 0 Å². The van der Waals surface area contributed by atoms with Crippen molar-refractivity contribution in [2.45, 2.75) is 122 Å². The van der Waals surface area contributed by atoms with E-state index >= 15 is 0 Å². The Morgan fingerprint density at radius 1 is 0.654 bits per heavy atom. The smallest absolute Gasteiger partial charge is 0.330 e. The van der Waals surface area contributed by atoms with Gasteiger partial charge in [0.15, 0.2) is 0 Å². The summed E-state index contributed by atoms with van der Waals surface area (Å²) in [5, 5.41) is 8.76. The van der Waals surface area contributed by atoms with Gasteiger partial charge in [-0.05, 0) is 32.6 Å². The topological polar surface area (TPSA) is 37.3 Å². The van der Waals surface area contributed by atoms with Gasteiger partial charge in [-0.25, -0.2) is 4.79 Å². The molecule has 0 atom stereocenters. The third-order valence-electron chi connectivity index (χ3n) is 5.15. The zero-order valence-corrected chi connectivity index (χ0v) is 17.4. The van der Waals surface area contributed by atoms with Crippen molar-refractivity contribution in [2.24, 2.45) is 0 Å². The van der Waals surface area contributed by atoms with Gasteiger partial charge in [0.05, 0.1) is 0 Å². The molecule has 0 aromatic heterocycles. The molecule has 2 heteroatoms. The summed E-state index contributed by atoms with van der Waals surface area (Å²) < 4.78 is 0. The van der Waals surface area contributed by atoms with E-state index in [0.29, 0.717) is 5.57 Å². The molecular weight excluding hydrogens is 320 g/mol. The summed E-state index contributed by atoms with van der Waals surface area (Å²) in [6.45, 7) is 5.44. The number of allylic oxidation sites excluding steroid dienone is 2. The molecule has 0 saturated heterocycles. The zero-order valence-electron chi connectivity index (χ0n) is 17.4. The molecule has 0 bridgehead atoms. The molecule has 152 valence electrons. The molecule has 0 unspecified atom stereocenters. The number of carboxylic acids is 1. The lowest BCUT2D eigenvalue weighted by Gasteiger charge is -2.03. The molecule has 26 heavy (non-hydrogen) atoms. The Bertz CT molecular complexity index is 357. The summed E-state index contributed by atoms with van der Waals surface area (Å²) in [5.74, 6) is -0.788. The number of aliphatic carboxylic acids is 1. The minimum Gasteiger partial charge on any atom is -0.478 e. The first kappa shape index (κ1) is 24.9. The van der Waals surface area contributed by atoms with Gasteiger partial charge in [-0.3, -0.25) is 0 Å². The lowest BCUT2D eigenvalue weighted by Crippen LogP contribution is -1.95. The van der Waals surface area contributed by atoms with Crippen molar-refractivity contribution in [3.05, 3.63) is 24.3 Å². The summed E-state index contributed by atoms with van der Waals surface area (Å²) in [6.07, 6.45) is 27.8. The summed E-state index contributed by atoms with van der Waals surface area (Å²) in [5.41, 5.74) is 0.480. The van der Waals surface area contributed by atoms with Gasteiger partial charge in [-0.15, -0.1) is 6.58 Å². The highest BCUT2D eigenvalue weighted by Gasteiger charge is 1.98. The SMILES string of the molecule is C=CCCCCCCCCCCCCCCCCCCC=C(C)C(=O)O. The van der Waals surface area contributed by atoms with E-state index in [1.807, 2.05) is 12.2 Å². The molecule has 1 N–H and O–H groups in total. The second-order valence-electron chi connectivity index (χ2n) is 7.72. The lowest BCUT2D eigenvalue weighted by atomic mass is 10.0. The van der Waals surface area contributed by atoms with Crippen molar-refractivity contribution in [1.82, 2.24) is 0 Å². The van der Waals surface area contributed by atoms with Crippen LogP contribution in [0.15, 0.2) is 24.3 Å². The molecule has 0 heterocycles. The van der Waals surface area contributed by atoms with Crippen LogP contribution in [-0.2, 0) is 4.79 Å². The van der Waals surface area contributed by atoms with Gasteiger partial charge in [-0.1, -0.05) is 102 Å². The van der Waals surface area contributed by atoms with Crippen molar-refractivity contribution < 1.29 is 9.90 Å². The quantitative estimate of drug-likeness (QED) is 0.134. The first-order valence-corrected chi connectivity index (χ1v) is 11.2. The van der Waals surface area contributed by atoms with Gasteiger partial charge in [0.2, 0.25) is 0 Å². The van der Waals surface area contributed by atoms with E-state index in [1.54, 1.807) is 6.92 Å². The van der Waals surface area contributed by atoms with Crippen LogP contribution in [0.5, 0.6) is 0 Å². The molecular formula is C24H44O2. The van der Waals surface area contributed by atoms with Crippen LogP contribution in [0.25, 0.3) is 0 Å². The summed E-state index contributed by atoms with van der Waals surface area (Å²) >= 11 is 0. The first-order valence-electron chi connectivity index (χ1n) is 11.2. The molecule has 0 radical (unpaired) electrons. The molecule has 0 aromatic carbocycles. The van der Waals surface area contributed by atoms with Crippen LogP contribution in [0.2, 0.25) is 0 Å².